The van der Waals surface area contributed by atoms with Gasteiger partial charge in [0.25, 0.3) is 5.91 Å². The van der Waals surface area contributed by atoms with Gasteiger partial charge < -0.3 is 20.6 Å². The van der Waals surface area contributed by atoms with Crippen molar-refractivity contribution in [3.63, 3.8) is 0 Å². The highest BCUT2D eigenvalue weighted by Gasteiger charge is 2.15. The van der Waals surface area contributed by atoms with Gasteiger partial charge in [-0.3, -0.25) is 4.79 Å². The van der Waals surface area contributed by atoms with Crippen molar-refractivity contribution in [2.24, 2.45) is 0 Å². The summed E-state index contributed by atoms with van der Waals surface area (Å²) in [6.45, 7) is 4.21. The summed E-state index contributed by atoms with van der Waals surface area (Å²) in [5, 5.41) is 25.1. The van der Waals surface area contributed by atoms with E-state index in [0.717, 1.165) is 11.4 Å². The van der Waals surface area contributed by atoms with Gasteiger partial charge in [-0.05, 0) is 37.6 Å². The lowest BCUT2D eigenvalue weighted by Crippen LogP contribution is -2.19. The Kier molecular flexibility index (Phi) is 6.49. The Labute approximate surface area is 178 Å². The Morgan fingerprint density at radius 1 is 1.30 bits per heavy atom. The van der Waals surface area contributed by atoms with Gasteiger partial charge in [-0.1, -0.05) is 23.5 Å². The van der Waals surface area contributed by atoms with Crippen molar-refractivity contribution >= 4 is 39.7 Å². The monoisotopic (exact) mass is 422 g/mol. The highest BCUT2D eigenvalue weighted by atomic mass is 32.1. The maximum Gasteiger partial charge on any atom is 0.267 e. The number of amides is 1. The highest BCUT2D eigenvalue weighted by Crippen LogP contribution is 2.29. The van der Waals surface area contributed by atoms with Gasteiger partial charge in [0, 0.05) is 19.2 Å². The molecule has 2 heterocycles. The van der Waals surface area contributed by atoms with E-state index in [0.29, 0.717) is 40.0 Å². The third-order valence-corrected chi connectivity index (χ3v) is 5.44. The topological polar surface area (TPSA) is 114 Å². The number of nitrogens with zero attached hydrogens (tertiary/aromatic N) is 4. The minimum Gasteiger partial charge on any atom is -0.508 e. The largest absolute Gasteiger partial charge is 0.508 e. The summed E-state index contributed by atoms with van der Waals surface area (Å²) in [5.74, 6) is 1.17. The van der Waals surface area contributed by atoms with Crippen LogP contribution >= 0.6 is 11.3 Å². The molecule has 0 fully saturated rings. The van der Waals surface area contributed by atoms with Gasteiger partial charge in [-0.15, -0.1) is 0 Å². The van der Waals surface area contributed by atoms with E-state index in [1.54, 1.807) is 19.1 Å². The number of aryl methyl sites for hydroxylation is 1. The number of hydrogen-bond donors (Lipinski definition) is 3. The number of rotatable bonds is 7. The smallest absolute Gasteiger partial charge is 0.267 e. The fraction of sp³-hybridized carbons (Fsp3) is 0.238. The van der Waals surface area contributed by atoms with Gasteiger partial charge in [0.15, 0.2) is 5.13 Å². The van der Waals surface area contributed by atoms with Crippen LogP contribution in [0, 0.1) is 25.2 Å². The quantitative estimate of drug-likeness (QED) is 0.522. The van der Waals surface area contributed by atoms with E-state index in [-0.39, 0.29) is 11.7 Å². The average molecular weight is 423 g/mol. The number of anilines is 4. The van der Waals surface area contributed by atoms with E-state index in [1.807, 2.05) is 37.1 Å². The van der Waals surface area contributed by atoms with Crippen molar-refractivity contribution in [1.29, 1.82) is 5.26 Å². The van der Waals surface area contributed by atoms with E-state index in [1.165, 1.54) is 17.5 Å². The van der Waals surface area contributed by atoms with Gasteiger partial charge in [0.2, 0.25) is 0 Å². The van der Waals surface area contributed by atoms with Crippen molar-refractivity contribution in [2.45, 2.75) is 20.3 Å². The Morgan fingerprint density at radius 2 is 2.10 bits per heavy atom. The highest BCUT2D eigenvalue weighted by molar-refractivity contribution is 7.17. The van der Waals surface area contributed by atoms with E-state index in [9.17, 15) is 9.90 Å². The Hall–Kier alpha value is -3.64. The van der Waals surface area contributed by atoms with E-state index >= 15 is 0 Å². The van der Waals surface area contributed by atoms with Crippen molar-refractivity contribution in [3.05, 3.63) is 52.5 Å². The van der Waals surface area contributed by atoms with Crippen LogP contribution in [0.25, 0.3) is 0 Å². The number of thiazole rings is 1. The second-order valence-corrected chi connectivity index (χ2v) is 7.75. The standard InChI is InChI=1S/C21H22N6O2S/c1-13-8-9-15(28)14(2)19(13)26-20(29)16-12-23-21(30-16)25-17-6-4-7-18(24-17)27(3)11-5-10-22/h4,6-9,12,28H,5,11H2,1-3H3,(H,26,29)(H,23,24,25). The molecule has 9 heteroatoms. The number of hydrogen-bond acceptors (Lipinski definition) is 8. The summed E-state index contributed by atoms with van der Waals surface area (Å²) in [5.41, 5.74) is 2.08. The fourth-order valence-corrected chi connectivity index (χ4v) is 3.51. The zero-order valence-electron chi connectivity index (χ0n) is 16.9. The SMILES string of the molecule is Cc1ccc(O)c(C)c1NC(=O)c1cnc(Nc2cccc(N(C)CCC#N)n2)s1. The van der Waals surface area contributed by atoms with Crippen molar-refractivity contribution in [2.75, 3.05) is 29.1 Å². The first-order chi connectivity index (χ1) is 14.4. The summed E-state index contributed by atoms with van der Waals surface area (Å²) in [6, 6.07) is 11.0. The predicted octanol–water partition coefficient (Wildman–Crippen LogP) is 4.21. The lowest BCUT2D eigenvalue weighted by atomic mass is 10.1. The minimum atomic E-state index is -0.296. The number of phenolic OH excluding ortho intramolecular Hbond substituents is 1. The van der Waals surface area contributed by atoms with E-state index < -0.39 is 0 Å². The van der Waals surface area contributed by atoms with E-state index in [4.69, 9.17) is 5.26 Å². The third-order valence-electron chi connectivity index (χ3n) is 4.53. The van der Waals surface area contributed by atoms with Crippen molar-refractivity contribution < 1.29 is 9.90 Å². The molecule has 3 aromatic rings. The number of aromatic hydroxyl groups is 1. The number of nitriles is 1. The third kappa shape index (κ3) is 4.85. The molecular formula is C21H22N6O2S. The number of carbonyl (C=O) groups excluding carboxylic acids is 1. The summed E-state index contributed by atoms with van der Waals surface area (Å²) in [7, 11) is 1.88. The molecule has 1 amide bonds. The Balaban J connectivity index is 1.71. The van der Waals surface area contributed by atoms with Crippen LogP contribution in [0.15, 0.2) is 36.5 Å². The van der Waals surface area contributed by atoms with Crippen LogP contribution in [-0.2, 0) is 0 Å². The molecule has 0 aliphatic rings. The number of aromatic nitrogens is 2. The van der Waals surface area contributed by atoms with Crippen LogP contribution < -0.4 is 15.5 Å². The number of phenols is 1. The first kappa shape index (κ1) is 21.1. The average Bonchev–Trinajstić information content (AvgIpc) is 3.21. The van der Waals surface area contributed by atoms with Crippen LogP contribution in [0.1, 0.15) is 27.2 Å². The summed E-state index contributed by atoms with van der Waals surface area (Å²) in [4.78, 5) is 23.8. The number of nitrogens with one attached hydrogen (secondary N) is 2. The molecule has 0 aliphatic heterocycles. The maximum atomic E-state index is 12.6. The van der Waals surface area contributed by atoms with Gasteiger partial charge in [-0.25, -0.2) is 9.97 Å². The summed E-state index contributed by atoms with van der Waals surface area (Å²) >= 11 is 1.21. The predicted molar refractivity (Wildman–Crippen MR) is 119 cm³/mol. The molecule has 1 aromatic carbocycles. The number of carbonyl (C=O) groups is 1. The molecule has 2 aromatic heterocycles. The molecule has 3 rings (SSSR count). The molecule has 0 unspecified atom stereocenters. The zero-order valence-corrected chi connectivity index (χ0v) is 17.7. The lowest BCUT2D eigenvalue weighted by molar-refractivity contribution is 0.103. The molecule has 0 radical (unpaired) electrons. The van der Waals surface area contributed by atoms with Crippen molar-refractivity contribution in [1.82, 2.24) is 9.97 Å². The minimum absolute atomic E-state index is 0.133. The lowest BCUT2D eigenvalue weighted by Gasteiger charge is -2.17. The van der Waals surface area contributed by atoms with Gasteiger partial charge >= 0.3 is 0 Å². The normalized spacial score (nSPS) is 10.3. The molecular weight excluding hydrogens is 400 g/mol. The van der Waals surface area contributed by atoms with Crippen LogP contribution in [0.3, 0.4) is 0 Å². The molecule has 0 bridgehead atoms. The molecule has 0 atom stereocenters. The molecule has 3 N–H and O–H groups in total. The zero-order chi connectivity index (χ0) is 21.7. The summed E-state index contributed by atoms with van der Waals surface area (Å²) < 4.78 is 0. The molecule has 0 spiro atoms. The second-order valence-electron chi connectivity index (χ2n) is 6.72. The first-order valence-electron chi connectivity index (χ1n) is 9.27. The molecule has 30 heavy (non-hydrogen) atoms. The maximum absolute atomic E-state index is 12.6. The number of pyridine rings is 1. The summed E-state index contributed by atoms with van der Waals surface area (Å²) in [6.07, 6.45) is 1.91. The Bertz CT molecular complexity index is 1110. The molecule has 0 saturated heterocycles. The van der Waals surface area contributed by atoms with Gasteiger partial charge in [0.1, 0.15) is 22.3 Å². The first-order valence-corrected chi connectivity index (χ1v) is 10.1. The van der Waals surface area contributed by atoms with E-state index in [2.05, 4.69) is 26.7 Å². The second kappa shape index (κ2) is 9.24. The van der Waals surface area contributed by atoms with Crippen molar-refractivity contribution in [3.8, 4) is 11.8 Å². The molecule has 0 aliphatic carbocycles. The molecule has 0 saturated carbocycles. The molecule has 154 valence electrons. The van der Waals surface area contributed by atoms with Gasteiger partial charge in [0.05, 0.1) is 24.4 Å². The van der Waals surface area contributed by atoms with Gasteiger partial charge in [-0.2, -0.15) is 5.26 Å². The van der Waals surface area contributed by atoms with Crippen LogP contribution in [0.5, 0.6) is 5.75 Å². The Morgan fingerprint density at radius 3 is 2.87 bits per heavy atom. The molecule has 8 nitrogen and oxygen atoms in total. The number of benzene rings is 1. The van der Waals surface area contributed by atoms with Crippen LogP contribution in [-0.4, -0.2) is 34.6 Å². The van der Waals surface area contributed by atoms with Crippen LogP contribution in [0.2, 0.25) is 0 Å². The fourth-order valence-electron chi connectivity index (χ4n) is 2.79. The van der Waals surface area contributed by atoms with Crippen LogP contribution in [0.4, 0.5) is 22.5 Å².